The fourth-order valence-electron chi connectivity index (χ4n) is 2.27. The van der Waals surface area contributed by atoms with Gasteiger partial charge in [-0.3, -0.25) is 9.59 Å². The van der Waals surface area contributed by atoms with Gasteiger partial charge in [-0.15, -0.1) is 0 Å². The van der Waals surface area contributed by atoms with Crippen molar-refractivity contribution in [3.8, 4) is 5.75 Å². The summed E-state index contributed by atoms with van der Waals surface area (Å²) in [6.07, 6.45) is 1.09. The molecule has 1 heterocycles. The average molecular weight is 291 g/mol. The van der Waals surface area contributed by atoms with Crippen LogP contribution in [0.2, 0.25) is 0 Å². The normalized spacial score (nSPS) is 18.3. The second kappa shape index (κ2) is 5.76. The maximum atomic E-state index is 12.3. The van der Waals surface area contributed by atoms with Gasteiger partial charge in [-0.25, -0.2) is 0 Å². The van der Waals surface area contributed by atoms with Crippen LogP contribution in [0, 0.1) is 5.92 Å². The van der Waals surface area contributed by atoms with Crippen LogP contribution in [-0.4, -0.2) is 24.6 Å². The number of esters is 1. The van der Waals surface area contributed by atoms with Crippen molar-refractivity contribution in [1.29, 1.82) is 0 Å². The number of methoxy groups -OCH3 is 1. The van der Waals surface area contributed by atoms with Crippen LogP contribution < -0.4 is 10.1 Å². The summed E-state index contributed by atoms with van der Waals surface area (Å²) in [6, 6.07) is 5.52. The average Bonchev–Trinajstić information content (AvgIpc) is 2.53. The molecule has 5 heteroatoms. The van der Waals surface area contributed by atoms with Gasteiger partial charge in [-0.2, -0.15) is 0 Å². The zero-order chi connectivity index (χ0) is 15.6. The highest BCUT2D eigenvalue weighted by Gasteiger charge is 2.33. The number of amides is 1. The number of carbonyl (C=O) groups is 2. The van der Waals surface area contributed by atoms with Crippen molar-refractivity contribution in [3.63, 3.8) is 0 Å². The van der Waals surface area contributed by atoms with Crippen molar-refractivity contribution in [1.82, 2.24) is 0 Å². The second-order valence-corrected chi connectivity index (χ2v) is 6.14. The van der Waals surface area contributed by atoms with E-state index in [1.165, 1.54) is 0 Å². The first-order chi connectivity index (χ1) is 9.80. The van der Waals surface area contributed by atoms with Gasteiger partial charge in [0, 0.05) is 11.8 Å². The molecule has 0 fully saturated rings. The molecule has 1 atom stereocenters. The number of benzene rings is 1. The second-order valence-electron chi connectivity index (χ2n) is 6.14. The minimum atomic E-state index is -0.775. The van der Waals surface area contributed by atoms with Crippen molar-refractivity contribution in [2.75, 3.05) is 12.4 Å². The molecule has 2 rings (SSSR count). The Morgan fingerprint density at radius 3 is 2.67 bits per heavy atom. The van der Waals surface area contributed by atoms with E-state index in [0.717, 1.165) is 5.56 Å². The first-order valence-electron chi connectivity index (χ1n) is 7.01. The summed E-state index contributed by atoms with van der Waals surface area (Å²) in [5, 5.41) is 2.79. The predicted molar refractivity (Wildman–Crippen MR) is 79.3 cm³/mol. The van der Waals surface area contributed by atoms with E-state index in [9.17, 15) is 9.59 Å². The largest absolute Gasteiger partial charge is 0.497 e. The van der Waals surface area contributed by atoms with Crippen LogP contribution in [0.25, 0.3) is 0 Å². The molecule has 0 spiro atoms. The van der Waals surface area contributed by atoms with Gasteiger partial charge in [0.05, 0.1) is 7.11 Å². The van der Waals surface area contributed by atoms with Crippen molar-refractivity contribution < 1.29 is 19.1 Å². The molecule has 1 amide bonds. The Labute approximate surface area is 124 Å². The Kier molecular flexibility index (Phi) is 4.21. The van der Waals surface area contributed by atoms with Gasteiger partial charge in [0.1, 0.15) is 17.3 Å². The molecule has 114 valence electrons. The Morgan fingerprint density at radius 2 is 2.05 bits per heavy atom. The third-order valence-corrected chi connectivity index (χ3v) is 3.29. The summed E-state index contributed by atoms with van der Waals surface area (Å²) in [4.78, 5) is 24.4. The highest BCUT2D eigenvalue weighted by molar-refractivity contribution is 6.05. The highest BCUT2D eigenvalue weighted by Crippen LogP contribution is 2.29. The number of rotatable bonds is 2. The SMILES string of the molecule is COc1ccc2c(c1)NC(=O)[C@@H](C(=O)OC(C)(C)C)CC2. The van der Waals surface area contributed by atoms with Gasteiger partial charge in [0.15, 0.2) is 0 Å². The molecule has 1 aromatic carbocycles. The molecule has 0 radical (unpaired) electrons. The highest BCUT2D eigenvalue weighted by atomic mass is 16.6. The zero-order valence-corrected chi connectivity index (χ0v) is 12.9. The molecule has 0 aromatic heterocycles. The first kappa shape index (κ1) is 15.4. The lowest BCUT2D eigenvalue weighted by Crippen LogP contribution is -2.35. The molecule has 21 heavy (non-hydrogen) atoms. The Hall–Kier alpha value is -2.04. The van der Waals surface area contributed by atoms with E-state index in [2.05, 4.69) is 5.32 Å². The van der Waals surface area contributed by atoms with E-state index in [1.807, 2.05) is 12.1 Å². The van der Waals surface area contributed by atoms with Gasteiger partial charge < -0.3 is 14.8 Å². The van der Waals surface area contributed by atoms with E-state index < -0.39 is 17.5 Å². The van der Waals surface area contributed by atoms with E-state index in [1.54, 1.807) is 33.9 Å². The van der Waals surface area contributed by atoms with Gasteiger partial charge in [-0.1, -0.05) is 6.07 Å². The molecule has 1 N–H and O–H groups in total. The fraction of sp³-hybridized carbons (Fsp3) is 0.500. The van der Waals surface area contributed by atoms with Crippen LogP contribution in [0.5, 0.6) is 5.75 Å². The lowest BCUT2D eigenvalue weighted by molar-refractivity contribution is -0.161. The van der Waals surface area contributed by atoms with Crippen LogP contribution in [0.3, 0.4) is 0 Å². The lowest BCUT2D eigenvalue weighted by atomic mass is 10.00. The number of fused-ring (bicyclic) bond motifs is 1. The van der Waals surface area contributed by atoms with Crippen LogP contribution in [0.15, 0.2) is 18.2 Å². The maximum absolute atomic E-state index is 12.3. The zero-order valence-electron chi connectivity index (χ0n) is 12.9. The molecule has 0 saturated heterocycles. The predicted octanol–water partition coefficient (Wildman–Crippen LogP) is 2.54. The van der Waals surface area contributed by atoms with Crippen molar-refractivity contribution in [2.24, 2.45) is 5.92 Å². The lowest BCUT2D eigenvalue weighted by Gasteiger charge is -2.22. The smallest absolute Gasteiger partial charge is 0.319 e. The van der Waals surface area contributed by atoms with Crippen molar-refractivity contribution >= 4 is 17.6 Å². The molecule has 0 unspecified atom stereocenters. The topological polar surface area (TPSA) is 64.6 Å². The molecular formula is C16H21NO4. The molecule has 0 bridgehead atoms. The number of hydrogen-bond donors (Lipinski definition) is 1. The van der Waals surface area contributed by atoms with Crippen LogP contribution in [-0.2, 0) is 20.7 Å². The van der Waals surface area contributed by atoms with E-state index in [-0.39, 0.29) is 5.91 Å². The maximum Gasteiger partial charge on any atom is 0.319 e. The Morgan fingerprint density at radius 1 is 1.33 bits per heavy atom. The van der Waals surface area contributed by atoms with Crippen molar-refractivity contribution in [2.45, 2.75) is 39.2 Å². The number of hydrogen-bond acceptors (Lipinski definition) is 4. The fourth-order valence-corrected chi connectivity index (χ4v) is 2.27. The Bertz CT molecular complexity index is 560. The molecule has 1 aromatic rings. The van der Waals surface area contributed by atoms with Crippen LogP contribution >= 0.6 is 0 Å². The molecular weight excluding hydrogens is 270 g/mol. The van der Waals surface area contributed by atoms with Gasteiger partial charge >= 0.3 is 5.97 Å². The minimum absolute atomic E-state index is 0.323. The number of ether oxygens (including phenoxy) is 2. The molecule has 1 aliphatic heterocycles. The van der Waals surface area contributed by atoms with E-state index in [0.29, 0.717) is 24.3 Å². The third kappa shape index (κ3) is 3.74. The van der Waals surface area contributed by atoms with Crippen LogP contribution in [0.4, 0.5) is 5.69 Å². The van der Waals surface area contributed by atoms with Crippen LogP contribution in [0.1, 0.15) is 32.8 Å². The molecule has 1 aliphatic rings. The number of nitrogens with one attached hydrogen (secondary N) is 1. The summed E-state index contributed by atoms with van der Waals surface area (Å²) in [5.41, 5.74) is 1.10. The molecule has 0 aliphatic carbocycles. The number of anilines is 1. The van der Waals surface area contributed by atoms with Gasteiger partial charge in [0.2, 0.25) is 5.91 Å². The molecule has 5 nitrogen and oxygen atoms in total. The van der Waals surface area contributed by atoms with E-state index >= 15 is 0 Å². The summed E-state index contributed by atoms with van der Waals surface area (Å²) < 4.78 is 10.5. The third-order valence-electron chi connectivity index (χ3n) is 3.29. The van der Waals surface area contributed by atoms with Crippen molar-refractivity contribution in [3.05, 3.63) is 23.8 Å². The Balaban J connectivity index is 2.18. The number of carbonyl (C=O) groups excluding carboxylic acids is 2. The molecule has 0 saturated carbocycles. The quantitative estimate of drug-likeness (QED) is 0.672. The summed E-state index contributed by atoms with van der Waals surface area (Å²) in [7, 11) is 1.57. The summed E-state index contributed by atoms with van der Waals surface area (Å²) in [5.74, 6) is -0.900. The first-order valence-corrected chi connectivity index (χ1v) is 7.01. The standard InChI is InChI=1S/C16H21NO4/c1-16(2,3)21-15(19)12-8-6-10-5-7-11(20-4)9-13(10)17-14(12)18/h5,7,9,12H,6,8H2,1-4H3,(H,17,18)/t12-/m0/s1. The van der Waals surface area contributed by atoms with E-state index in [4.69, 9.17) is 9.47 Å². The summed E-state index contributed by atoms with van der Waals surface area (Å²) >= 11 is 0. The number of aryl methyl sites for hydroxylation is 1. The van der Waals surface area contributed by atoms with Gasteiger partial charge in [-0.05, 0) is 45.2 Å². The van der Waals surface area contributed by atoms with Gasteiger partial charge in [0.25, 0.3) is 0 Å². The monoisotopic (exact) mass is 291 g/mol. The summed E-state index contributed by atoms with van der Waals surface area (Å²) in [6.45, 7) is 5.37. The minimum Gasteiger partial charge on any atom is -0.497 e.